The number of hydrogen-bond acceptors (Lipinski definition) is 5. The van der Waals surface area contributed by atoms with Crippen molar-refractivity contribution in [1.29, 1.82) is 0 Å². The van der Waals surface area contributed by atoms with Gasteiger partial charge in [-0.25, -0.2) is 4.98 Å². The molecule has 0 aliphatic carbocycles. The largest absolute Gasteiger partial charge is 0.474 e. The van der Waals surface area contributed by atoms with Gasteiger partial charge in [-0.1, -0.05) is 18.2 Å². The predicted molar refractivity (Wildman–Crippen MR) is 113 cm³/mol. The molecule has 1 aliphatic heterocycles. The summed E-state index contributed by atoms with van der Waals surface area (Å²) in [4.78, 5) is 31.8. The summed E-state index contributed by atoms with van der Waals surface area (Å²) in [6.45, 7) is 2.00. The number of carbonyl (C=O) groups is 1. The maximum atomic E-state index is 12.9. The topological polar surface area (TPSA) is 76.5 Å². The lowest BCUT2D eigenvalue weighted by molar-refractivity contribution is 0.102. The van der Waals surface area contributed by atoms with Gasteiger partial charge in [0.2, 0.25) is 5.88 Å². The Kier molecular flexibility index (Phi) is 5.31. The summed E-state index contributed by atoms with van der Waals surface area (Å²) >= 11 is 0. The van der Waals surface area contributed by atoms with Crippen molar-refractivity contribution in [2.24, 2.45) is 7.05 Å². The molecule has 7 nitrogen and oxygen atoms in total. The van der Waals surface area contributed by atoms with E-state index in [0.717, 1.165) is 25.9 Å². The number of hydrogen-bond donors (Lipinski definition) is 1. The number of pyridine rings is 2. The van der Waals surface area contributed by atoms with Crippen molar-refractivity contribution in [2.75, 3.05) is 25.5 Å². The van der Waals surface area contributed by atoms with Crippen LogP contribution in [0.5, 0.6) is 5.88 Å². The zero-order chi connectivity index (χ0) is 20.4. The number of amides is 1. The Morgan fingerprint density at radius 1 is 1.14 bits per heavy atom. The van der Waals surface area contributed by atoms with E-state index in [2.05, 4.69) is 22.2 Å². The molecule has 1 saturated heterocycles. The first kappa shape index (κ1) is 19.1. The van der Waals surface area contributed by atoms with E-state index in [4.69, 9.17) is 4.74 Å². The third kappa shape index (κ3) is 4.14. The number of benzene rings is 1. The molecule has 0 bridgehead atoms. The number of rotatable bonds is 4. The second-order valence-electron chi connectivity index (χ2n) is 7.46. The first-order valence-electron chi connectivity index (χ1n) is 9.72. The molecule has 4 rings (SSSR count). The van der Waals surface area contributed by atoms with Crippen LogP contribution in [0.3, 0.4) is 0 Å². The lowest BCUT2D eigenvalue weighted by atomic mass is 10.1. The number of piperidine rings is 1. The number of aryl methyl sites for hydroxylation is 1. The summed E-state index contributed by atoms with van der Waals surface area (Å²) < 4.78 is 7.43. The Hall–Kier alpha value is -3.19. The third-order valence-corrected chi connectivity index (χ3v) is 5.28. The number of nitrogens with zero attached hydrogens (tertiary/aromatic N) is 3. The quantitative estimate of drug-likeness (QED) is 0.739. The van der Waals surface area contributed by atoms with Gasteiger partial charge < -0.3 is 19.5 Å². The zero-order valence-electron chi connectivity index (χ0n) is 16.6. The lowest BCUT2D eigenvalue weighted by Gasteiger charge is -2.28. The zero-order valence-corrected chi connectivity index (χ0v) is 16.6. The summed E-state index contributed by atoms with van der Waals surface area (Å²) in [6.07, 6.45) is 5.24. The maximum absolute atomic E-state index is 12.9. The summed E-state index contributed by atoms with van der Waals surface area (Å²) in [5, 5.41) is 4.05. The van der Waals surface area contributed by atoms with Gasteiger partial charge in [0.25, 0.3) is 11.5 Å². The minimum Gasteiger partial charge on any atom is -0.474 e. The molecule has 0 spiro atoms. The summed E-state index contributed by atoms with van der Waals surface area (Å²) in [5.41, 5.74) is 0.915. The summed E-state index contributed by atoms with van der Waals surface area (Å²) in [5.74, 6) is 0.218. The van der Waals surface area contributed by atoms with Gasteiger partial charge in [0.05, 0.1) is 5.56 Å². The normalized spacial score (nSPS) is 15.4. The Morgan fingerprint density at radius 2 is 1.86 bits per heavy atom. The van der Waals surface area contributed by atoms with Crippen LogP contribution in [-0.4, -0.2) is 46.6 Å². The van der Waals surface area contributed by atoms with Crippen LogP contribution in [-0.2, 0) is 7.05 Å². The van der Waals surface area contributed by atoms with Crippen LogP contribution in [0.15, 0.2) is 53.6 Å². The van der Waals surface area contributed by atoms with Crippen LogP contribution < -0.4 is 15.6 Å². The molecule has 1 aliphatic rings. The van der Waals surface area contributed by atoms with Crippen molar-refractivity contribution in [3.05, 3.63) is 64.7 Å². The van der Waals surface area contributed by atoms with Crippen LogP contribution in [0.25, 0.3) is 10.8 Å². The van der Waals surface area contributed by atoms with Crippen LogP contribution in [0, 0.1) is 0 Å². The van der Waals surface area contributed by atoms with Crippen molar-refractivity contribution >= 4 is 22.4 Å². The highest BCUT2D eigenvalue weighted by Crippen LogP contribution is 2.21. The van der Waals surface area contributed by atoms with Gasteiger partial charge in [-0.05, 0) is 32.0 Å². The molecule has 0 radical (unpaired) electrons. The molecule has 1 aromatic carbocycles. The molecule has 0 atom stereocenters. The van der Waals surface area contributed by atoms with Crippen molar-refractivity contribution < 1.29 is 9.53 Å². The van der Waals surface area contributed by atoms with E-state index in [1.54, 1.807) is 49.8 Å². The Labute approximate surface area is 168 Å². The Bertz CT molecular complexity index is 1100. The SMILES string of the molecule is CN1CCC(Oc2cc(NC(=O)c3cn(C)c(=O)c4ccccc34)ccn2)CC1. The highest BCUT2D eigenvalue weighted by Gasteiger charge is 2.19. The van der Waals surface area contributed by atoms with Gasteiger partial charge in [-0.3, -0.25) is 9.59 Å². The number of aromatic nitrogens is 2. The third-order valence-electron chi connectivity index (χ3n) is 5.28. The van der Waals surface area contributed by atoms with Gasteiger partial charge in [0, 0.05) is 55.1 Å². The molecule has 3 aromatic rings. The molecule has 3 heterocycles. The minimum absolute atomic E-state index is 0.130. The van der Waals surface area contributed by atoms with Gasteiger partial charge in [-0.15, -0.1) is 0 Å². The molecule has 7 heteroatoms. The fraction of sp³-hybridized carbons (Fsp3) is 0.318. The van der Waals surface area contributed by atoms with Crippen molar-refractivity contribution in [3.63, 3.8) is 0 Å². The molecular weight excluding hydrogens is 368 g/mol. The molecule has 2 aromatic heterocycles. The van der Waals surface area contributed by atoms with Gasteiger partial charge in [-0.2, -0.15) is 0 Å². The molecule has 29 heavy (non-hydrogen) atoms. The number of carbonyl (C=O) groups excluding carboxylic acids is 1. The van der Waals surface area contributed by atoms with Crippen molar-refractivity contribution in [1.82, 2.24) is 14.5 Å². The van der Waals surface area contributed by atoms with Crippen LogP contribution in [0.4, 0.5) is 5.69 Å². The monoisotopic (exact) mass is 392 g/mol. The average molecular weight is 392 g/mol. The molecule has 150 valence electrons. The molecule has 0 unspecified atom stereocenters. The summed E-state index contributed by atoms with van der Waals surface area (Å²) in [6, 6.07) is 10.6. The fourth-order valence-corrected chi connectivity index (χ4v) is 3.62. The molecule has 0 saturated carbocycles. The smallest absolute Gasteiger partial charge is 0.258 e. The van der Waals surface area contributed by atoms with E-state index in [9.17, 15) is 9.59 Å². The van der Waals surface area contributed by atoms with E-state index in [1.807, 2.05) is 6.07 Å². The number of ether oxygens (including phenoxy) is 1. The van der Waals surface area contributed by atoms with Gasteiger partial charge >= 0.3 is 0 Å². The highest BCUT2D eigenvalue weighted by atomic mass is 16.5. The molecule has 1 N–H and O–H groups in total. The molecule has 1 fully saturated rings. The Balaban J connectivity index is 1.54. The highest BCUT2D eigenvalue weighted by molar-refractivity contribution is 6.12. The second kappa shape index (κ2) is 8.05. The number of nitrogens with one attached hydrogen (secondary N) is 1. The molecule has 1 amide bonds. The standard InChI is InChI=1S/C22H24N4O3/c1-25-11-8-16(9-12-25)29-20-13-15(7-10-23-20)24-21(27)19-14-26(2)22(28)18-6-4-3-5-17(18)19/h3-7,10,13-14,16H,8-9,11-12H2,1-2H3,(H,23,24,27). The van der Waals surface area contributed by atoms with E-state index < -0.39 is 0 Å². The van der Waals surface area contributed by atoms with Crippen molar-refractivity contribution in [2.45, 2.75) is 18.9 Å². The van der Waals surface area contributed by atoms with Crippen LogP contribution in [0.2, 0.25) is 0 Å². The van der Waals surface area contributed by atoms with Crippen molar-refractivity contribution in [3.8, 4) is 5.88 Å². The number of likely N-dealkylation sites (tertiary alicyclic amines) is 1. The number of fused-ring (bicyclic) bond motifs is 1. The van der Waals surface area contributed by atoms with E-state index in [0.29, 0.717) is 27.9 Å². The fourth-order valence-electron chi connectivity index (χ4n) is 3.62. The van der Waals surface area contributed by atoms with E-state index in [1.165, 1.54) is 4.57 Å². The van der Waals surface area contributed by atoms with Gasteiger partial charge in [0.15, 0.2) is 0 Å². The first-order valence-corrected chi connectivity index (χ1v) is 9.72. The predicted octanol–water partition coefficient (Wildman–Crippen LogP) is 2.66. The van der Waals surface area contributed by atoms with Crippen LogP contribution in [0.1, 0.15) is 23.2 Å². The van der Waals surface area contributed by atoms with E-state index >= 15 is 0 Å². The molecular formula is C22H24N4O3. The Morgan fingerprint density at radius 3 is 2.62 bits per heavy atom. The summed E-state index contributed by atoms with van der Waals surface area (Å²) in [7, 11) is 3.75. The second-order valence-corrected chi connectivity index (χ2v) is 7.46. The number of anilines is 1. The van der Waals surface area contributed by atoms with Crippen LogP contribution >= 0.6 is 0 Å². The first-order chi connectivity index (χ1) is 14.0. The lowest BCUT2D eigenvalue weighted by Crippen LogP contribution is -2.35. The van der Waals surface area contributed by atoms with E-state index in [-0.39, 0.29) is 17.6 Å². The maximum Gasteiger partial charge on any atom is 0.258 e. The average Bonchev–Trinajstić information content (AvgIpc) is 2.72. The van der Waals surface area contributed by atoms with Gasteiger partial charge in [0.1, 0.15) is 6.10 Å². The minimum atomic E-state index is -0.284.